The minimum Gasteiger partial charge on any atom is -0.392 e. The third-order valence-corrected chi connectivity index (χ3v) is 3.53. The monoisotopic (exact) mass is 266 g/mol. The third kappa shape index (κ3) is 3.31. The maximum atomic E-state index is 13.4. The van der Waals surface area contributed by atoms with Crippen molar-refractivity contribution in [3.05, 3.63) is 65.2 Å². The van der Waals surface area contributed by atoms with Crippen LogP contribution in [0.15, 0.2) is 47.4 Å². The van der Waals surface area contributed by atoms with E-state index in [1.807, 2.05) is 24.3 Å². The highest BCUT2D eigenvalue weighted by atomic mass is 32.2. The first-order valence-corrected chi connectivity index (χ1v) is 6.44. The van der Waals surface area contributed by atoms with Crippen LogP contribution in [0.2, 0.25) is 0 Å². The first kappa shape index (κ1) is 13.1. The number of thioether (sulfide) groups is 1. The van der Waals surface area contributed by atoms with Crippen LogP contribution in [0, 0.1) is 11.6 Å². The highest BCUT2D eigenvalue weighted by Crippen LogP contribution is 2.25. The van der Waals surface area contributed by atoms with E-state index in [2.05, 4.69) is 0 Å². The minimum atomic E-state index is -0.434. The molecule has 0 aliphatic heterocycles. The van der Waals surface area contributed by atoms with Crippen LogP contribution in [0.4, 0.5) is 8.78 Å². The molecule has 2 aromatic carbocycles. The van der Waals surface area contributed by atoms with E-state index in [0.717, 1.165) is 22.6 Å². The summed E-state index contributed by atoms with van der Waals surface area (Å²) in [5, 5.41) is 9.01. The molecule has 4 heteroatoms. The van der Waals surface area contributed by atoms with Crippen LogP contribution >= 0.6 is 11.8 Å². The van der Waals surface area contributed by atoms with Gasteiger partial charge in [-0.15, -0.1) is 11.8 Å². The maximum Gasteiger partial charge on any atom is 0.127 e. The van der Waals surface area contributed by atoms with Crippen molar-refractivity contribution in [1.29, 1.82) is 0 Å². The van der Waals surface area contributed by atoms with Gasteiger partial charge in [0.05, 0.1) is 6.61 Å². The Morgan fingerprint density at radius 3 is 2.67 bits per heavy atom. The molecule has 0 amide bonds. The molecule has 0 saturated carbocycles. The zero-order valence-electron chi connectivity index (χ0n) is 9.57. The minimum absolute atomic E-state index is 0.0251. The van der Waals surface area contributed by atoms with Crippen molar-refractivity contribution in [3.8, 4) is 0 Å². The summed E-state index contributed by atoms with van der Waals surface area (Å²) < 4.78 is 26.4. The summed E-state index contributed by atoms with van der Waals surface area (Å²) in [6.07, 6.45) is 0. The van der Waals surface area contributed by atoms with E-state index in [1.54, 1.807) is 0 Å². The molecule has 1 nitrogen and oxygen atoms in total. The van der Waals surface area contributed by atoms with E-state index in [0.29, 0.717) is 11.3 Å². The molecule has 0 heterocycles. The molecule has 0 fully saturated rings. The zero-order chi connectivity index (χ0) is 13.0. The van der Waals surface area contributed by atoms with E-state index in [1.165, 1.54) is 17.8 Å². The molecule has 0 spiro atoms. The van der Waals surface area contributed by atoms with Crippen molar-refractivity contribution in [1.82, 2.24) is 0 Å². The smallest absolute Gasteiger partial charge is 0.127 e. The van der Waals surface area contributed by atoms with Gasteiger partial charge in [-0.1, -0.05) is 12.1 Å². The van der Waals surface area contributed by atoms with Crippen LogP contribution in [0.3, 0.4) is 0 Å². The molecular formula is C14H12F2OS. The van der Waals surface area contributed by atoms with Crippen LogP contribution in [0.5, 0.6) is 0 Å². The summed E-state index contributed by atoms with van der Waals surface area (Å²) in [5.74, 6) is -0.475. The molecule has 0 aliphatic rings. The van der Waals surface area contributed by atoms with Crippen LogP contribution in [0.1, 0.15) is 11.1 Å². The molecule has 0 unspecified atom stereocenters. The molecule has 94 valence electrons. The second kappa shape index (κ2) is 5.98. The van der Waals surface area contributed by atoms with Crippen LogP contribution in [0.25, 0.3) is 0 Å². The van der Waals surface area contributed by atoms with Crippen LogP contribution in [-0.2, 0) is 12.4 Å². The predicted octanol–water partition coefficient (Wildman–Crippen LogP) is 3.75. The van der Waals surface area contributed by atoms with Crippen molar-refractivity contribution in [2.45, 2.75) is 17.3 Å². The fraction of sp³-hybridized carbons (Fsp3) is 0.143. The summed E-state index contributed by atoms with van der Waals surface area (Å²) in [5.41, 5.74) is 1.15. The zero-order valence-corrected chi connectivity index (χ0v) is 10.4. The summed E-state index contributed by atoms with van der Waals surface area (Å²) >= 11 is 1.41. The van der Waals surface area contributed by atoms with Gasteiger partial charge >= 0.3 is 0 Å². The Balaban J connectivity index is 2.08. The summed E-state index contributed by atoms with van der Waals surface area (Å²) in [4.78, 5) is 0.921. The third-order valence-electron chi connectivity index (χ3n) is 2.48. The highest BCUT2D eigenvalue weighted by molar-refractivity contribution is 7.98. The van der Waals surface area contributed by atoms with Crippen molar-refractivity contribution in [3.63, 3.8) is 0 Å². The molecule has 0 aliphatic carbocycles. The normalized spacial score (nSPS) is 10.6. The lowest BCUT2D eigenvalue weighted by Gasteiger charge is -2.05. The lowest BCUT2D eigenvalue weighted by Crippen LogP contribution is -1.90. The van der Waals surface area contributed by atoms with Gasteiger partial charge in [-0.05, 0) is 35.9 Å². The van der Waals surface area contributed by atoms with E-state index >= 15 is 0 Å². The largest absolute Gasteiger partial charge is 0.392 e. The van der Waals surface area contributed by atoms with Gasteiger partial charge in [0.25, 0.3) is 0 Å². The van der Waals surface area contributed by atoms with Gasteiger partial charge in [-0.2, -0.15) is 0 Å². The van der Waals surface area contributed by atoms with Crippen LogP contribution in [-0.4, -0.2) is 5.11 Å². The molecular weight excluding hydrogens is 254 g/mol. The summed E-state index contributed by atoms with van der Waals surface area (Å²) in [6.45, 7) is -0.0251. The molecule has 0 atom stereocenters. The van der Waals surface area contributed by atoms with Crippen molar-refractivity contribution < 1.29 is 13.9 Å². The molecule has 0 radical (unpaired) electrons. The lowest BCUT2D eigenvalue weighted by atomic mass is 10.2. The van der Waals surface area contributed by atoms with E-state index in [9.17, 15) is 8.78 Å². The van der Waals surface area contributed by atoms with E-state index in [-0.39, 0.29) is 6.61 Å². The quantitative estimate of drug-likeness (QED) is 0.850. The number of rotatable bonds is 4. The molecule has 2 aromatic rings. The number of aliphatic hydroxyl groups is 1. The Bertz CT molecular complexity index is 543. The van der Waals surface area contributed by atoms with E-state index < -0.39 is 11.6 Å². The summed E-state index contributed by atoms with van der Waals surface area (Å²) in [7, 11) is 0. The second-order valence-electron chi connectivity index (χ2n) is 3.83. The number of hydrogen-bond donors (Lipinski definition) is 1. The molecule has 0 bridgehead atoms. The lowest BCUT2D eigenvalue weighted by molar-refractivity contribution is 0.281. The number of halogens is 2. The fourth-order valence-corrected chi connectivity index (χ4v) is 2.50. The topological polar surface area (TPSA) is 20.2 Å². The standard InChI is InChI=1S/C14H12F2OS/c15-12-4-5-14(16)11(7-12)9-18-13-3-1-2-10(6-13)8-17/h1-7,17H,8-9H2. The van der Waals surface area contributed by atoms with Gasteiger partial charge < -0.3 is 5.11 Å². The van der Waals surface area contributed by atoms with Crippen molar-refractivity contribution in [2.75, 3.05) is 0 Å². The van der Waals surface area contributed by atoms with Gasteiger partial charge in [-0.25, -0.2) is 8.78 Å². The van der Waals surface area contributed by atoms with Crippen molar-refractivity contribution >= 4 is 11.8 Å². The molecule has 0 saturated heterocycles. The number of hydrogen-bond acceptors (Lipinski definition) is 2. The van der Waals surface area contributed by atoms with Gasteiger partial charge in [0.2, 0.25) is 0 Å². The van der Waals surface area contributed by atoms with E-state index in [4.69, 9.17) is 5.11 Å². The highest BCUT2D eigenvalue weighted by Gasteiger charge is 2.05. The molecule has 2 rings (SSSR count). The Labute approximate surface area is 108 Å². The summed E-state index contributed by atoms with van der Waals surface area (Å²) in [6, 6.07) is 10.8. The predicted molar refractivity (Wildman–Crippen MR) is 68.3 cm³/mol. The first-order valence-electron chi connectivity index (χ1n) is 5.45. The van der Waals surface area contributed by atoms with Gasteiger partial charge in [0, 0.05) is 16.2 Å². The SMILES string of the molecule is OCc1cccc(SCc2cc(F)ccc2F)c1. The van der Waals surface area contributed by atoms with Crippen molar-refractivity contribution in [2.24, 2.45) is 0 Å². The Hall–Kier alpha value is -1.39. The average molecular weight is 266 g/mol. The first-order chi connectivity index (χ1) is 8.69. The van der Waals surface area contributed by atoms with Gasteiger partial charge in [0.15, 0.2) is 0 Å². The second-order valence-corrected chi connectivity index (χ2v) is 4.88. The molecule has 1 N–H and O–H groups in total. The number of aliphatic hydroxyl groups excluding tert-OH is 1. The fourth-order valence-electron chi connectivity index (χ4n) is 1.55. The number of benzene rings is 2. The molecule has 0 aromatic heterocycles. The maximum absolute atomic E-state index is 13.4. The Morgan fingerprint density at radius 2 is 1.89 bits per heavy atom. The van der Waals surface area contributed by atoms with Gasteiger partial charge in [0.1, 0.15) is 11.6 Å². The Kier molecular flexibility index (Phi) is 4.33. The average Bonchev–Trinajstić information content (AvgIpc) is 2.40. The van der Waals surface area contributed by atoms with Crippen LogP contribution < -0.4 is 0 Å². The Morgan fingerprint density at radius 1 is 1.06 bits per heavy atom. The molecule has 18 heavy (non-hydrogen) atoms. The van der Waals surface area contributed by atoms with Gasteiger partial charge in [-0.3, -0.25) is 0 Å².